The maximum Gasteiger partial charge on any atom is 0.0589 e. The Kier molecular flexibility index (Phi) is 9.17. The van der Waals surface area contributed by atoms with Crippen molar-refractivity contribution in [2.45, 2.75) is 39.5 Å². The van der Waals surface area contributed by atoms with Crippen molar-refractivity contribution in [1.29, 1.82) is 0 Å². The summed E-state index contributed by atoms with van der Waals surface area (Å²) in [6, 6.07) is 8.98. The lowest BCUT2D eigenvalue weighted by molar-refractivity contribution is 0.149. The summed E-state index contributed by atoms with van der Waals surface area (Å²) in [5.41, 5.74) is 2.76. The molecule has 3 nitrogen and oxygen atoms in total. The molecule has 0 amide bonds. The summed E-state index contributed by atoms with van der Waals surface area (Å²) in [5, 5.41) is 0. The Morgan fingerprint density at radius 1 is 1.09 bits per heavy atom. The molecule has 0 heterocycles. The summed E-state index contributed by atoms with van der Waals surface area (Å²) in [4.78, 5) is 4.85. The quantitative estimate of drug-likeness (QED) is 0.615. The van der Waals surface area contributed by atoms with E-state index in [2.05, 4.69) is 61.9 Å². The topological polar surface area (TPSA) is 15.7 Å². The second kappa shape index (κ2) is 10.6. The van der Waals surface area contributed by atoms with Crippen LogP contribution in [0.25, 0.3) is 0 Å². The fraction of sp³-hybridized carbons (Fsp3) is 0.684. The van der Waals surface area contributed by atoms with E-state index in [1.807, 2.05) is 0 Å². The van der Waals surface area contributed by atoms with Gasteiger partial charge in [-0.2, -0.15) is 0 Å². The minimum Gasteiger partial charge on any atom is -0.383 e. The van der Waals surface area contributed by atoms with E-state index < -0.39 is 0 Å². The van der Waals surface area contributed by atoms with Crippen molar-refractivity contribution in [1.82, 2.24) is 4.90 Å². The molecule has 0 bridgehead atoms. The molecule has 1 atom stereocenters. The van der Waals surface area contributed by atoms with E-state index in [-0.39, 0.29) is 0 Å². The highest BCUT2D eigenvalue weighted by molar-refractivity contribution is 5.48. The molecule has 0 saturated heterocycles. The highest BCUT2D eigenvalue weighted by Crippen LogP contribution is 2.23. The van der Waals surface area contributed by atoms with E-state index >= 15 is 0 Å². The van der Waals surface area contributed by atoms with Gasteiger partial charge >= 0.3 is 0 Å². The van der Waals surface area contributed by atoms with E-state index in [0.717, 1.165) is 32.8 Å². The Bertz CT molecular complexity index is 408. The zero-order valence-corrected chi connectivity index (χ0v) is 15.1. The molecule has 0 spiro atoms. The Labute approximate surface area is 137 Å². The minimum absolute atomic E-state index is 0.631. The van der Waals surface area contributed by atoms with Gasteiger partial charge in [0, 0.05) is 39.5 Å². The van der Waals surface area contributed by atoms with Gasteiger partial charge in [-0.1, -0.05) is 32.9 Å². The average Bonchev–Trinajstić information content (AvgIpc) is 2.56. The number of ether oxygens (including phenoxy) is 1. The Morgan fingerprint density at radius 3 is 2.50 bits per heavy atom. The van der Waals surface area contributed by atoms with Crippen LogP contribution in [0.15, 0.2) is 24.3 Å². The molecule has 22 heavy (non-hydrogen) atoms. The van der Waals surface area contributed by atoms with Gasteiger partial charge in [-0.3, -0.25) is 4.90 Å². The van der Waals surface area contributed by atoms with E-state index in [0.29, 0.717) is 5.92 Å². The van der Waals surface area contributed by atoms with Gasteiger partial charge in [-0.25, -0.2) is 0 Å². The zero-order chi connectivity index (χ0) is 16.4. The monoisotopic (exact) mass is 306 g/mol. The highest BCUT2D eigenvalue weighted by atomic mass is 16.5. The molecule has 3 heteroatoms. The third-order valence-corrected chi connectivity index (χ3v) is 4.40. The number of anilines is 1. The fourth-order valence-corrected chi connectivity index (χ4v) is 2.60. The number of methoxy groups -OCH3 is 1. The molecule has 0 fully saturated rings. The first-order valence-electron chi connectivity index (χ1n) is 8.64. The Hall–Kier alpha value is -1.06. The van der Waals surface area contributed by atoms with Crippen molar-refractivity contribution in [2.75, 3.05) is 51.8 Å². The number of hydrogen-bond donors (Lipinski definition) is 0. The normalized spacial score (nSPS) is 12.6. The molecule has 0 aliphatic carbocycles. The van der Waals surface area contributed by atoms with Crippen LogP contribution in [0.4, 0.5) is 5.69 Å². The first kappa shape index (κ1) is 19.0. The van der Waals surface area contributed by atoms with Gasteiger partial charge in [0.2, 0.25) is 0 Å². The molecular weight excluding hydrogens is 272 g/mol. The van der Waals surface area contributed by atoms with Crippen LogP contribution in [0.3, 0.4) is 0 Å². The molecule has 1 aromatic carbocycles. The minimum atomic E-state index is 0.631. The van der Waals surface area contributed by atoms with Crippen molar-refractivity contribution < 1.29 is 4.74 Å². The first-order chi connectivity index (χ1) is 10.6. The van der Waals surface area contributed by atoms with Crippen molar-refractivity contribution >= 4 is 5.69 Å². The van der Waals surface area contributed by atoms with Gasteiger partial charge in [0.15, 0.2) is 0 Å². The molecule has 0 N–H and O–H groups in total. The second-order valence-corrected chi connectivity index (χ2v) is 6.16. The van der Waals surface area contributed by atoms with Gasteiger partial charge in [0.1, 0.15) is 0 Å². The van der Waals surface area contributed by atoms with Crippen molar-refractivity contribution in [3.8, 4) is 0 Å². The summed E-state index contributed by atoms with van der Waals surface area (Å²) in [6.07, 6.45) is 2.38. The lowest BCUT2D eigenvalue weighted by Crippen LogP contribution is -2.35. The Balaban J connectivity index is 2.57. The summed E-state index contributed by atoms with van der Waals surface area (Å²) in [7, 11) is 3.97. The van der Waals surface area contributed by atoms with E-state index in [1.54, 1.807) is 7.11 Å². The molecule has 1 unspecified atom stereocenters. The van der Waals surface area contributed by atoms with E-state index in [1.165, 1.54) is 24.1 Å². The van der Waals surface area contributed by atoms with Crippen molar-refractivity contribution in [3.05, 3.63) is 29.8 Å². The fourth-order valence-electron chi connectivity index (χ4n) is 2.60. The van der Waals surface area contributed by atoms with Gasteiger partial charge in [-0.15, -0.1) is 0 Å². The number of benzene rings is 1. The molecule has 0 aliphatic heterocycles. The van der Waals surface area contributed by atoms with E-state index in [4.69, 9.17) is 4.74 Å². The van der Waals surface area contributed by atoms with Crippen LogP contribution in [0, 0.1) is 0 Å². The maximum absolute atomic E-state index is 5.21. The van der Waals surface area contributed by atoms with Crippen LogP contribution in [-0.2, 0) is 4.74 Å². The second-order valence-electron chi connectivity index (χ2n) is 6.16. The first-order valence-corrected chi connectivity index (χ1v) is 8.64. The van der Waals surface area contributed by atoms with Crippen LogP contribution in [0.1, 0.15) is 45.1 Å². The van der Waals surface area contributed by atoms with E-state index in [9.17, 15) is 0 Å². The molecule has 126 valence electrons. The van der Waals surface area contributed by atoms with Crippen LogP contribution >= 0.6 is 0 Å². The average molecular weight is 306 g/mol. The Morgan fingerprint density at radius 2 is 1.86 bits per heavy atom. The molecule has 1 aromatic rings. The van der Waals surface area contributed by atoms with Gasteiger partial charge < -0.3 is 9.64 Å². The van der Waals surface area contributed by atoms with Gasteiger partial charge in [0.05, 0.1) is 6.61 Å². The summed E-state index contributed by atoms with van der Waals surface area (Å²) in [5.74, 6) is 0.631. The highest BCUT2D eigenvalue weighted by Gasteiger charge is 2.08. The smallest absolute Gasteiger partial charge is 0.0589 e. The van der Waals surface area contributed by atoms with Crippen LogP contribution in [0.5, 0.6) is 0 Å². The molecule has 0 saturated carbocycles. The van der Waals surface area contributed by atoms with Gasteiger partial charge in [0.25, 0.3) is 0 Å². The number of likely N-dealkylation sites (N-methyl/N-ethyl adjacent to an activating group) is 1. The largest absolute Gasteiger partial charge is 0.383 e. The zero-order valence-electron chi connectivity index (χ0n) is 15.1. The van der Waals surface area contributed by atoms with Gasteiger partial charge in [-0.05, 0) is 43.0 Å². The number of nitrogens with zero attached hydrogens (tertiary/aromatic N) is 2. The third-order valence-electron chi connectivity index (χ3n) is 4.40. The summed E-state index contributed by atoms with van der Waals surface area (Å²) in [6.45, 7) is 11.9. The predicted molar refractivity (Wildman–Crippen MR) is 97.0 cm³/mol. The summed E-state index contributed by atoms with van der Waals surface area (Å²) < 4.78 is 5.21. The lowest BCUT2D eigenvalue weighted by Gasteiger charge is -2.26. The predicted octanol–water partition coefficient (Wildman–Crippen LogP) is 3.99. The number of hydrogen-bond acceptors (Lipinski definition) is 3. The molecule has 0 aromatic heterocycles. The maximum atomic E-state index is 5.21. The number of rotatable bonds is 11. The van der Waals surface area contributed by atoms with Crippen LogP contribution in [0.2, 0.25) is 0 Å². The van der Waals surface area contributed by atoms with Crippen LogP contribution < -0.4 is 4.90 Å². The lowest BCUT2D eigenvalue weighted by atomic mass is 9.98. The van der Waals surface area contributed by atoms with Crippen LogP contribution in [-0.4, -0.2) is 51.8 Å². The summed E-state index contributed by atoms with van der Waals surface area (Å²) >= 11 is 0. The van der Waals surface area contributed by atoms with Crippen molar-refractivity contribution in [2.24, 2.45) is 0 Å². The van der Waals surface area contributed by atoms with Crippen molar-refractivity contribution in [3.63, 3.8) is 0 Å². The molecular formula is C19H34N2O. The molecule has 1 rings (SSSR count). The third kappa shape index (κ3) is 6.37. The SMILES string of the molecule is CCCN(CCOC)CCN(C)c1cccc(C(C)CC)c1. The molecule has 0 radical (unpaired) electrons. The standard InChI is InChI=1S/C19H34N2O/c1-6-11-21(14-15-22-5)13-12-20(4)19-10-8-9-18(16-19)17(3)7-2/h8-10,16-17H,6-7,11-15H2,1-5H3. The molecule has 0 aliphatic rings.